The summed E-state index contributed by atoms with van der Waals surface area (Å²) in [4.78, 5) is 0. The number of hydrogen-bond donors (Lipinski definition) is 2. The Bertz CT molecular complexity index is 542. The van der Waals surface area contributed by atoms with Gasteiger partial charge in [0.1, 0.15) is 0 Å². The van der Waals surface area contributed by atoms with Crippen LogP contribution in [0.15, 0.2) is 24.3 Å². The van der Waals surface area contributed by atoms with Gasteiger partial charge in [-0.2, -0.15) is 4.31 Å². The number of nitrogens with two attached hydrogens (primary N) is 1. The highest BCUT2D eigenvalue weighted by Gasteiger charge is 2.38. The average molecular weight is 298 g/mol. The molecule has 2 atom stereocenters. The average Bonchev–Trinajstić information content (AvgIpc) is 2.81. The molecule has 1 saturated heterocycles. The Labute approximate surface area is 120 Å². The lowest BCUT2D eigenvalue weighted by molar-refractivity contribution is 0.191. The van der Waals surface area contributed by atoms with Gasteiger partial charge in [-0.15, -0.1) is 0 Å². The van der Waals surface area contributed by atoms with E-state index in [1.54, 1.807) is 12.1 Å². The zero-order chi connectivity index (χ0) is 14.8. The molecule has 20 heavy (non-hydrogen) atoms. The molecule has 0 aromatic heterocycles. The van der Waals surface area contributed by atoms with Crippen LogP contribution in [0, 0.1) is 5.92 Å². The SMILES string of the molecule is CC1CCN(S(=O)(=O)Cc2ccc(CN)cc2)C1CO. The van der Waals surface area contributed by atoms with Crippen LogP contribution < -0.4 is 5.73 Å². The number of rotatable bonds is 5. The molecule has 0 saturated carbocycles. The first-order valence-corrected chi connectivity index (χ1v) is 8.47. The first-order valence-electron chi connectivity index (χ1n) is 6.86. The predicted molar refractivity (Wildman–Crippen MR) is 78.3 cm³/mol. The van der Waals surface area contributed by atoms with E-state index in [-0.39, 0.29) is 24.3 Å². The third kappa shape index (κ3) is 3.20. The lowest BCUT2D eigenvalue weighted by Crippen LogP contribution is -2.40. The van der Waals surface area contributed by atoms with Crippen LogP contribution in [-0.2, 0) is 22.3 Å². The standard InChI is InChI=1S/C14H22N2O3S/c1-11-6-7-16(14(11)9-17)20(18,19)10-13-4-2-12(8-15)3-5-13/h2-5,11,14,17H,6-10,15H2,1H3. The molecule has 1 aliphatic heterocycles. The molecule has 1 aliphatic rings. The molecule has 6 heteroatoms. The third-order valence-corrected chi connectivity index (χ3v) is 5.85. The van der Waals surface area contributed by atoms with Gasteiger partial charge < -0.3 is 10.8 Å². The molecule has 3 N–H and O–H groups in total. The summed E-state index contributed by atoms with van der Waals surface area (Å²) < 4.78 is 26.4. The van der Waals surface area contributed by atoms with Gasteiger partial charge in [0.05, 0.1) is 18.4 Å². The molecule has 0 aliphatic carbocycles. The molecule has 2 unspecified atom stereocenters. The van der Waals surface area contributed by atoms with E-state index >= 15 is 0 Å². The summed E-state index contributed by atoms with van der Waals surface area (Å²) in [7, 11) is -3.38. The van der Waals surface area contributed by atoms with Crippen molar-refractivity contribution in [3.63, 3.8) is 0 Å². The lowest BCUT2D eigenvalue weighted by Gasteiger charge is -2.24. The van der Waals surface area contributed by atoms with Crippen LogP contribution >= 0.6 is 0 Å². The summed E-state index contributed by atoms with van der Waals surface area (Å²) >= 11 is 0. The summed E-state index contributed by atoms with van der Waals surface area (Å²) in [6.45, 7) is 2.80. The molecule has 0 amide bonds. The largest absolute Gasteiger partial charge is 0.395 e. The van der Waals surface area contributed by atoms with Gasteiger partial charge in [0.2, 0.25) is 10.0 Å². The lowest BCUT2D eigenvalue weighted by atomic mass is 10.0. The molecule has 1 heterocycles. The molecule has 1 aromatic carbocycles. The summed E-state index contributed by atoms with van der Waals surface area (Å²) in [6.07, 6.45) is 0.802. The van der Waals surface area contributed by atoms with E-state index in [1.165, 1.54) is 4.31 Å². The molecule has 0 bridgehead atoms. The predicted octanol–water partition coefficient (Wildman–Crippen LogP) is 0.678. The molecule has 112 valence electrons. The van der Waals surface area contributed by atoms with Crippen molar-refractivity contribution in [2.24, 2.45) is 11.7 Å². The van der Waals surface area contributed by atoms with Crippen molar-refractivity contribution in [1.29, 1.82) is 0 Å². The first-order chi connectivity index (χ1) is 9.47. The van der Waals surface area contributed by atoms with Gasteiger partial charge in [-0.1, -0.05) is 31.2 Å². The maximum absolute atomic E-state index is 12.5. The van der Waals surface area contributed by atoms with Crippen LogP contribution in [0.1, 0.15) is 24.5 Å². The van der Waals surface area contributed by atoms with Crippen LogP contribution in [0.25, 0.3) is 0 Å². The molecular weight excluding hydrogens is 276 g/mol. The van der Waals surface area contributed by atoms with Gasteiger partial charge in [-0.3, -0.25) is 0 Å². The van der Waals surface area contributed by atoms with Crippen LogP contribution in [0.4, 0.5) is 0 Å². The van der Waals surface area contributed by atoms with Crippen molar-refractivity contribution in [1.82, 2.24) is 4.31 Å². The second-order valence-corrected chi connectivity index (χ2v) is 7.32. The van der Waals surface area contributed by atoms with Crippen molar-refractivity contribution in [3.05, 3.63) is 35.4 Å². The zero-order valence-electron chi connectivity index (χ0n) is 11.7. The Kier molecular flexibility index (Phi) is 4.80. The van der Waals surface area contributed by atoms with Gasteiger partial charge in [0.15, 0.2) is 0 Å². The first kappa shape index (κ1) is 15.4. The third-order valence-electron chi connectivity index (χ3n) is 3.98. The maximum atomic E-state index is 12.5. The number of sulfonamides is 1. The van der Waals surface area contributed by atoms with Gasteiger partial charge in [-0.25, -0.2) is 8.42 Å². The van der Waals surface area contributed by atoms with Crippen LogP contribution in [0.5, 0.6) is 0 Å². The quantitative estimate of drug-likeness (QED) is 0.837. The molecule has 0 spiro atoms. The second kappa shape index (κ2) is 6.22. The fourth-order valence-corrected chi connectivity index (χ4v) is 4.50. The summed E-state index contributed by atoms with van der Waals surface area (Å²) in [5.41, 5.74) is 7.25. The van der Waals surface area contributed by atoms with E-state index in [4.69, 9.17) is 5.73 Å². The molecule has 1 aromatic rings. The van der Waals surface area contributed by atoms with Crippen molar-refractivity contribution in [2.75, 3.05) is 13.2 Å². The molecule has 0 radical (unpaired) electrons. The smallest absolute Gasteiger partial charge is 0.218 e. The van der Waals surface area contributed by atoms with E-state index < -0.39 is 10.0 Å². The molecule has 5 nitrogen and oxygen atoms in total. The highest BCUT2D eigenvalue weighted by molar-refractivity contribution is 7.88. The Morgan fingerprint density at radius 2 is 1.90 bits per heavy atom. The fraction of sp³-hybridized carbons (Fsp3) is 0.571. The van der Waals surface area contributed by atoms with E-state index in [0.717, 1.165) is 17.5 Å². The van der Waals surface area contributed by atoms with E-state index in [2.05, 4.69) is 0 Å². The number of benzene rings is 1. The van der Waals surface area contributed by atoms with E-state index in [0.29, 0.717) is 13.1 Å². The van der Waals surface area contributed by atoms with Crippen molar-refractivity contribution in [2.45, 2.75) is 31.7 Å². The van der Waals surface area contributed by atoms with E-state index in [1.807, 2.05) is 19.1 Å². The Hall–Kier alpha value is -0.950. The van der Waals surface area contributed by atoms with Crippen LogP contribution in [0.3, 0.4) is 0 Å². The Balaban J connectivity index is 2.14. The normalized spacial score (nSPS) is 24.1. The second-order valence-electron chi connectivity index (χ2n) is 5.40. The minimum atomic E-state index is -3.38. The van der Waals surface area contributed by atoms with Gasteiger partial charge in [-0.05, 0) is 23.5 Å². The number of hydrogen-bond acceptors (Lipinski definition) is 4. The number of aliphatic hydroxyl groups excluding tert-OH is 1. The molecular formula is C14H22N2O3S. The monoisotopic (exact) mass is 298 g/mol. The Morgan fingerprint density at radius 1 is 1.30 bits per heavy atom. The zero-order valence-corrected chi connectivity index (χ0v) is 12.5. The summed E-state index contributed by atoms with van der Waals surface area (Å²) in [5.74, 6) is 0.176. The van der Waals surface area contributed by atoms with E-state index in [9.17, 15) is 13.5 Å². The van der Waals surface area contributed by atoms with Crippen LogP contribution in [-0.4, -0.2) is 37.0 Å². The number of nitrogens with zero attached hydrogens (tertiary/aromatic N) is 1. The highest BCUT2D eigenvalue weighted by Crippen LogP contribution is 2.27. The van der Waals surface area contributed by atoms with Crippen LogP contribution in [0.2, 0.25) is 0 Å². The molecule has 1 fully saturated rings. The minimum Gasteiger partial charge on any atom is -0.395 e. The fourth-order valence-electron chi connectivity index (χ4n) is 2.65. The highest BCUT2D eigenvalue weighted by atomic mass is 32.2. The summed E-state index contributed by atoms with van der Waals surface area (Å²) in [6, 6.07) is 7.01. The Morgan fingerprint density at radius 3 is 2.45 bits per heavy atom. The van der Waals surface area contributed by atoms with Crippen molar-refractivity contribution < 1.29 is 13.5 Å². The molecule has 2 rings (SSSR count). The maximum Gasteiger partial charge on any atom is 0.218 e. The number of aliphatic hydroxyl groups is 1. The summed E-state index contributed by atoms with van der Waals surface area (Å²) in [5, 5.41) is 9.38. The topological polar surface area (TPSA) is 83.6 Å². The minimum absolute atomic E-state index is 0.0267. The van der Waals surface area contributed by atoms with Gasteiger partial charge in [0, 0.05) is 13.1 Å². The van der Waals surface area contributed by atoms with Gasteiger partial charge >= 0.3 is 0 Å². The van der Waals surface area contributed by atoms with Crippen molar-refractivity contribution in [3.8, 4) is 0 Å². The van der Waals surface area contributed by atoms with Crippen molar-refractivity contribution >= 4 is 10.0 Å². The van der Waals surface area contributed by atoms with Gasteiger partial charge in [0.25, 0.3) is 0 Å².